The molecule has 12 aromatic rings. The Hall–Kier alpha value is -6.34. The van der Waals surface area contributed by atoms with Crippen molar-refractivity contribution in [2.45, 2.75) is 0 Å². The Bertz CT molecular complexity index is 3440. The summed E-state index contributed by atoms with van der Waals surface area (Å²) in [5.74, 6) is 4.89. The van der Waals surface area contributed by atoms with Gasteiger partial charge in [-0.05, 0) is 113 Å². The van der Waals surface area contributed by atoms with Crippen LogP contribution in [0, 0.1) is 24.7 Å². The molecule has 0 aliphatic heterocycles. The van der Waals surface area contributed by atoms with Gasteiger partial charge in [0.25, 0.3) is 0 Å². The predicted molar refractivity (Wildman–Crippen MR) is 301 cm³/mol. The molecule has 0 N–H and O–H groups in total. The van der Waals surface area contributed by atoms with Crippen molar-refractivity contribution in [1.82, 2.24) is 0 Å². The van der Waals surface area contributed by atoms with Crippen molar-refractivity contribution in [3.8, 4) is 11.8 Å². The first-order chi connectivity index (χ1) is 33.6. The monoisotopic (exact) mass is 1300 g/mol. The molecule has 0 fully saturated rings. The molecule has 12 aromatic carbocycles. The molecule has 0 radical (unpaired) electrons. The number of rotatable bonds is 7. The molecule has 4 heteroatoms. The second-order valence-electron chi connectivity index (χ2n) is 16.9. The fourth-order valence-electron chi connectivity index (χ4n) is 9.53. The van der Waals surface area contributed by atoms with E-state index in [9.17, 15) is 0 Å². The Morgan fingerprint density at radius 3 is 0.829 bits per heavy atom. The zero-order valence-corrected chi connectivity index (χ0v) is 44.6. The zero-order valence-electron chi connectivity index (χ0n) is 38.3. The quantitative estimate of drug-likeness (QED) is 0.0490. The molecule has 0 aliphatic carbocycles. The van der Waals surface area contributed by atoms with E-state index in [1.165, 1.54) is 87.4 Å². The maximum atomic E-state index is 7.24. The second kappa shape index (κ2) is 24.0. The molecule has 0 bridgehead atoms. The molecule has 0 saturated carbocycles. The van der Waals surface area contributed by atoms with Crippen molar-refractivity contribution in [3.63, 3.8) is 0 Å². The summed E-state index contributed by atoms with van der Waals surface area (Å²) in [7, 11) is -1.57. The van der Waals surface area contributed by atoms with Crippen LogP contribution in [-0.4, -0.2) is 12.3 Å². The van der Waals surface area contributed by atoms with Crippen LogP contribution in [0.5, 0.6) is 0 Å². The minimum Gasteiger partial charge on any atom is -0.366 e. The largest absolute Gasteiger partial charge is 1.00 e. The van der Waals surface area contributed by atoms with Gasteiger partial charge >= 0.3 is 44.8 Å². The van der Waals surface area contributed by atoms with Gasteiger partial charge in [0.05, 0.1) is 37.1 Å². The predicted octanol–water partition coefficient (Wildman–Crippen LogP) is 14.9. The van der Waals surface area contributed by atoms with Crippen LogP contribution < -0.4 is 21.2 Å². The van der Waals surface area contributed by atoms with Crippen LogP contribution in [0.1, 0.15) is 11.1 Å². The van der Waals surface area contributed by atoms with Crippen molar-refractivity contribution in [2.75, 3.05) is 12.3 Å². The maximum absolute atomic E-state index is 7.24. The van der Waals surface area contributed by atoms with Gasteiger partial charge < -0.3 is 12.8 Å². The molecule has 12 rings (SSSR count). The normalized spacial score (nSPS) is 10.7. The molecule has 0 saturated heterocycles. The van der Waals surface area contributed by atoms with E-state index in [4.69, 9.17) is 12.8 Å². The summed E-state index contributed by atoms with van der Waals surface area (Å²) in [4.78, 5) is 0. The smallest absolute Gasteiger partial charge is 0.366 e. The van der Waals surface area contributed by atoms with E-state index in [1.54, 1.807) is 0 Å². The van der Waals surface area contributed by atoms with Crippen LogP contribution >= 0.6 is 15.8 Å². The SMILES string of the molecule is [Au+].[Au+].[C-]#Cc1ccc2c(ccc3c4ccccc4ccc23)c1.[C-]#Cc1ccc2c(ccc3c4ccccc4ccc23)c1.c1ccc([PH+](CC[PH+](c2ccccc2)c2ccccc2)c2ccccc2)cc1. The summed E-state index contributed by atoms with van der Waals surface area (Å²) in [6.07, 6.45) is 17.0. The van der Waals surface area contributed by atoms with Gasteiger partial charge in [-0.3, -0.25) is 11.8 Å². The maximum Gasteiger partial charge on any atom is 1.00 e. The first-order valence-electron chi connectivity index (χ1n) is 23.1. The van der Waals surface area contributed by atoms with Gasteiger partial charge in [0.15, 0.2) is 0 Å². The van der Waals surface area contributed by atoms with E-state index in [0.717, 1.165) is 21.9 Å². The standard InChI is InChI=1S/C26H24P2.2C20H11.2Au/c1-5-13-23(14-6-1)27(24-15-7-2-8-16-24)21-22-28(25-17-9-3-10-18-25)26-19-11-4-12-20-26;2*1-2-14-7-10-18-16(13-14)9-12-19-17-6-4-3-5-15(17)8-11-20(18)19;;/h1-20H,21-22H2;2*3-13H;;/q;2*-1;2*+1/p+2. The zero-order chi connectivity index (χ0) is 46.1. The fraction of sp³-hybridized carbons (Fsp3) is 0.0303. The second-order valence-corrected chi connectivity index (χ2v) is 22.2. The van der Waals surface area contributed by atoms with Gasteiger partial charge in [0.2, 0.25) is 0 Å². The molecule has 0 aliphatic rings. The molecule has 0 atom stereocenters. The van der Waals surface area contributed by atoms with Crippen molar-refractivity contribution in [1.29, 1.82) is 0 Å². The summed E-state index contributed by atoms with van der Waals surface area (Å²) in [5, 5.41) is 21.0. The van der Waals surface area contributed by atoms with E-state index in [1.807, 2.05) is 24.3 Å². The molecule has 0 amide bonds. The Kier molecular flexibility index (Phi) is 17.2. The van der Waals surface area contributed by atoms with E-state index >= 15 is 0 Å². The molecular weight excluding hydrogens is 1250 g/mol. The van der Waals surface area contributed by atoms with Crippen LogP contribution in [-0.2, 0) is 44.8 Å². The summed E-state index contributed by atoms with van der Waals surface area (Å²) in [6, 6.07) is 90.9. The van der Waals surface area contributed by atoms with E-state index in [2.05, 4.69) is 242 Å². The fourth-order valence-corrected chi connectivity index (χ4v) is 15.7. The first-order valence-corrected chi connectivity index (χ1v) is 26.5. The summed E-state index contributed by atoms with van der Waals surface area (Å²) in [5.41, 5.74) is 1.63. The van der Waals surface area contributed by atoms with Crippen molar-refractivity contribution in [3.05, 3.63) is 279 Å². The topological polar surface area (TPSA) is 0 Å². The van der Waals surface area contributed by atoms with Crippen LogP contribution in [0.4, 0.5) is 0 Å². The molecule has 342 valence electrons. The average Bonchev–Trinajstić information content (AvgIpc) is 3.42. The van der Waals surface area contributed by atoms with E-state index in [0.29, 0.717) is 0 Å². The van der Waals surface area contributed by atoms with Crippen LogP contribution in [0.2, 0.25) is 0 Å². The molecule has 70 heavy (non-hydrogen) atoms. The Balaban J connectivity index is 0.000000142. The third kappa shape index (κ3) is 11.1. The van der Waals surface area contributed by atoms with Gasteiger partial charge in [-0.1, -0.05) is 182 Å². The Morgan fingerprint density at radius 2 is 0.514 bits per heavy atom. The number of benzene rings is 12. The molecule has 0 nitrogen and oxygen atoms in total. The minimum atomic E-state index is -0.783. The summed E-state index contributed by atoms with van der Waals surface area (Å²) >= 11 is 0. The summed E-state index contributed by atoms with van der Waals surface area (Å²) < 4.78 is 0. The number of fused-ring (bicyclic) bond motifs is 10. The van der Waals surface area contributed by atoms with Crippen LogP contribution in [0.15, 0.2) is 255 Å². The summed E-state index contributed by atoms with van der Waals surface area (Å²) in [6.45, 7) is 0. The van der Waals surface area contributed by atoms with Gasteiger partial charge in [-0.25, -0.2) is 0 Å². The molecule has 0 heterocycles. The van der Waals surface area contributed by atoms with Crippen LogP contribution in [0.25, 0.3) is 64.6 Å². The van der Waals surface area contributed by atoms with E-state index < -0.39 is 15.8 Å². The molecule has 0 spiro atoms. The number of hydrogen-bond acceptors (Lipinski definition) is 0. The number of hydrogen-bond donors (Lipinski definition) is 0. The van der Waals surface area contributed by atoms with E-state index in [-0.39, 0.29) is 44.8 Å². The molecule has 0 aromatic heterocycles. The third-order valence-electron chi connectivity index (χ3n) is 12.9. The third-order valence-corrected chi connectivity index (χ3v) is 19.0. The molecular formula is C66H48Au2P2+2. The van der Waals surface area contributed by atoms with Crippen molar-refractivity contribution < 1.29 is 44.8 Å². The van der Waals surface area contributed by atoms with Gasteiger partial charge in [-0.2, -0.15) is 0 Å². The Labute approximate surface area is 445 Å². The van der Waals surface area contributed by atoms with Crippen molar-refractivity contribution in [2.24, 2.45) is 0 Å². The Morgan fingerprint density at radius 1 is 0.257 bits per heavy atom. The van der Waals surface area contributed by atoms with Crippen molar-refractivity contribution >= 4 is 102 Å². The van der Waals surface area contributed by atoms with Gasteiger partial charge in [-0.15, -0.1) is 35.4 Å². The first kappa shape index (κ1) is 50.1. The van der Waals surface area contributed by atoms with Gasteiger partial charge in [0, 0.05) is 0 Å². The minimum absolute atomic E-state index is 0. The van der Waals surface area contributed by atoms with Gasteiger partial charge in [0.1, 0.15) is 12.3 Å². The average molecular weight is 1300 g/mol. The van der Waals surface area contributed by atoms with Crippen LogP contribution in [0.3, 0.4) is 0 Å². The molecule has 0 unspecified atom stereocenters.